The van der Waals surface area contributed by atoms with E-state index in [0.717, 1.165) is 0 Å². The van der Waals surface area contributed by atoms with Gasteiger partial charge in [0.15, 0.2) is 0 Å². The highest BCUT2D eigenvalue weighted by Gasteiger charge is 2.22. The molecule has 0 spiro atoms. The maximum atomic E-state index is 10.8. The predicted octanol–water partition coefficient (Wildman–Crippen LogP) is 0.0628. The molecule has 3 nitrogen and oxygen atoms in total. The lowest BCUT2D eigenvalue weighted by Gasteiger charge is -2.04. The lowest BCUT2D eigenvalue weighted by atomic mass is 10.1. The van der Waals surface area contributed by atoms with Gasteiger partial charge in [-0.15, -0.1) is 0 Å². The Morgan fingerprint density at radius 1 is 1.70 bits per heavy atom. The number of esters is 1. The molecule has 0 amide bonds. The third-order valence-electron chi connectivity index (χ3n) is 1.62. The Bertz CT molecular complexity index is 165. The summed E-state index contributed by atoms with van der Waals surface area (Å²) in [5, 5.41) is 0. The highest BCUT2D eigenvalue weighted by Crippen LogP contribution is 2.16. The smallest absolute Gasteiger partial charge is 0.312 e. The molecule has 0 bridgehead atoms. The van der Waals surface area contributed by atoms with Crippen LogP contribution in [0.1, 0.15) is 6.42 Å². The summed E-state index contributed by atoms with van der Waals surface area (Å²) in [6.07, 6.45) is 4.32. The molecular formula is C7H11NO2. The Kier molecular flexibility index (Phi) is 2.06. The third-order valence-corrected chi connectivity index (χ3v) is 1.62. The van der Waals surface area contributed by atoms with Crippen molar-refractivity contribution < 1.29 is 9.53 Å². The first-order chi connectivity index (χ1) is 4.74. The molecule has 0 heterocycles. The Balaban J connectivity index is 2.46. The van der Waals surface area contributed by atoms with Gasteiger partial charge in [0.05, 0.1) is 13.0 Å². The molecule has 0 aromatic carbocycles. The lowest BCUT2D eigenvalue weighted by molar-refractivity contribution is -0.143. The van der Waals surface area contributed by atoms with E-state index in [0.29, 0.717) is 6.42 Å². The average molecular weight is 141 g/mol. The fourth-order valence-electron chi connectivity index (χ4n) is 1.05. The lowest BCUT2D eigenvalue weighted by Crippen LogP contribution is -2.19. The molecule has 1 aliphatic rings. The minimum atomic E-state index is -0.191. The van der Waals surface area contributed by atoms with Crippen LogP contribution in [0.25, 0.3) is 0 Å². The number of carbonyl (C=O) groups excluding carboxylic acids is 1. The van der Waals surface area contributed by atoms with Crippen molar-refractivity contribution in [3.05, 3.63) is 12.2 Å². The van der Waals surface area contributed by atoms with Crippen molar-refractivity contribution in [2.45, 2.75) is 12.5 Å². The number of carbonyl (C=O) groups is 1. The van der Waals surface area contributed by atoms with Gasteiger partial charge in [-0.2, -0.15) is 0 Å². The third kappa shape index (κ3) is 1.36. The molecule has 1 rings (SSSR count). The second-order valence-corrected chi connectivity index (χ2v) is 2.41. The Hall–Kier alpha value is -0.830. The largest absolute Gasteiger partial charge is 0.469 e. The number of hydrogen-bond donors (Lipinski definition) is 1. The summed E-state index contributed by atoms with van der Waals surface area (Å²) in [7, 11) is 1.39. The van der Waals surface area contributed by atoms with Crippen LogP contribution in [-0.4, -0.2) is 19.1 Å². The monoisotopic (exact) mass is 141 g/mol. The highest BCUT2D eigenvalue weighted by molar-refractivity contribution is 5.75. The summed E-state index contributed by atoms with van der Waals surface area (Å²) >= 11 is 0. The SMILES string of the molecule is COC(=O)[C@H]1C=CC(N)C1. The summed E-state index contributed by atoms with van der Waals surface area (Å²) in [5.74, 6) is -0.302. The van der Waals surface area contributed by atoms with Gasteiger partial charge in [0.2, 0.25) is 0 Å². The Morgan fingerprint density at radius 2 is 2.40 bits per heavy atom. The zero-order valence-corrected chi connectivity index (χ0v) is 5.91. The highest BCUT2D eigenvalue weighted by atomic mass is 16.5. The van der Waals surface area contributed by atoms with Gasteiger partial charge in [0.1, 0.15) is 0 Å². The maximum absolute atomic E-state index is 10.8. The van der Waals surface area contributed by atoms with Crippen LogP contribution >= 0.6 is 0 Å². The number of methoxy groups -OCH3 is 1. The van der Waals surface area contributed by atoms with Crippen LogP contribution < -0.4 is 5.73 Å². The van der Waals surface area contributed by atoms with E-state index in [4.69, 9.17) is 5.73 Å². The minimum absolute atomic E-state index is 0.0316. The second-order valence-electron chi connectivity index (χ2n) is 2.41. The number of ether oxygens (including phenoxy) is 1. The van der Waals surface area contributed by atoms with Gasteiger partial charge in [-0.1, -0.05) is 12.2 Å². The van der Waals surface area contributed by atoms with Crippen molar-refractivity contribution in [3.63, 3.8) is 0 Å². The van der Waals surface area contributed by atoms with Crippen molar-refractivity contribution in [1.82, 2.24) is 0 Å². The number of rotatable bonds is 1. The summed E-state index contributed by atoms with van der Waals surface area (Å²) in [6, 6.07) is 0.0316. The van der Waals surface area contributed by atoms with Gasteiger partial charge >= 0.3 is 5.97 Å². The molecule has 0 aromatic heterocycles. The van der Waals surface area contributed by atoms with E-state index in [1.165, 1.54) is 7.11 Å². The molecule has 2 atom stereocenters. The number of hydrogen-bond acceptors (Lipinski definition) is 3. The van der Waals surface area contributed by atoms with E-state index >= 15 is 0 Å². The van der Waals surface area contributed by atoms with Crippen LogP contribution in [0.5, 0.6) is 0 Å². The van der Waals surface area contributed by atoms with Crippen molar-refractivity contribution in [1.29, 1.82) is 0 Å². The Labute approximate surface area is 59.8 Å². The topological polar surface area (TPSA) is 52.3 Å². The summed E-state index contributed by atoms with van der Waals surface area (Å²) in [6.45, 7) is 0. The second kappa shape index (κ2) is 2.84. The summed E-state index contributed by atoms with van der Waals surface area (Å²) in [4.78, 5) is 10.8. The normalized spacial score (nSPS) is 30.6. The molecule has 0 fully saturated rings. The van der Waals surface area contributed by atoms with Gasteiger partial charge in [-0.3, -0.25) is 4.79 Å². The van der Waals surface area contributed by atoms with Gasteiger partial charge in [0.25, 0.3) is 0 Å². The van der Waals surface area contributed by atoms with E-state index in [1.807, 2.05) is 6.08 Å². The van der Waals surface area contributed by atoms with Crippen LogP contribution in [0.15, 0.2) is 12.2 Å². The van der Waals surface area contributed by atoms with Gasteiger partial charge in [-0.25, -0.2) is 0 Å². The molecular weight excluding hydrogens is 130 g/mol. The molecule has 0 saturated heterocycles. The molecule has 1 unspecified atom stereocenters. The molecule has 3 heteroatoms. The van der Waals surface area contributed by atoms with Crippen molar-refractivity contribution in [2.24, 2.45) is 11.7 Å². The fourth-order valence-corrected chi connectivity index (χ4v) is 1.05. The van der Waals surface area contributed by atoms with Gasteiger partial charge in [-0.05, 0) is 6.42 Å². The van der Waals surface area contributed by atoms with E-state index in [9.17, 15) is 4.79 Å². The van der Waals surface area contributed by atoms with Gasteiger partial charge < -0.3 is 10.5 Å². The summed E-state index contributed by atoms with van der Waals surface area (Å²) in [5.41, 5.74) is 5.52. The molecule has 10 heavy (non-hydrogen) atoms. The van der Waals surface area contributed by atoms with Crippen molar-refractivity contribution in [2.75, 3.05) is 7.11 Å². The van der Waals surface area contributed by atoms with Crippen LogP contribution in [0.4, 0.5) is 0 Å². The maximum Gasteiger partial charge on any atom is 0.312 e. The first-order valence-corrected chi connectivity index (χ1v) is 3.26. The predicted molar refractivity (Wildman–Crippen MR) is 37.2 cm³/mol. The first-order valence-electron chi connectivity index (χ1n) is 3.26. The fraction of sp³-hybridized carbons (Fsp3) is 0.571. The summed E-state index contributed by atoms with van der Waals surface area (Å²) < 4.78 is 4.54. The molecule has 0 radical (unpaired) electrons. The van der Waals surface area contributed by atoms with E-state index in [1.54, 1.807) is 6.08 Å². The van der Waals surface area contributed by atoms with E-state index < -0.39 is 0 Å². The van der Waals surface area contributed by atoms with Crippen LogP contribution in [-0.2, 0) is 9.53 Å². The molecule has 0 aliphatic heterocycles. The zero-order chi connectivity index (χ0) is 7.56. The first kappa shape index (κ1) is 7.28. The van der Waals surface area contributed by atoms with Crippen molar-refractivity contribution >= 4 is 5.97 Å². The molecule has 56 valence electrons. The molecule has 0 saturated carbocycles. The molecule has 1 aliphatic carbocycles. The average Bonchev–Trinajstić information content (AvgIpc) is 2.34. The Morgan fingerprint density at radius 3 is 2.80 bits per heavy atom. The number of nitrogens with two attached hydrogens (primary N) is 1. The quantitative estimate of drug-likeness (QED) is 0.415. The van der Waals surface area contributed by atoms with Crippen LogP contribution in [0, 0.1) is 5.92 Å². The molecule has 0 aromatic rings. The van der Waals surface area contributed by atoms with Crippen molar-refractivity contribution in [3.8, 4) is 0 Å². The van der Waals surface area contributed by atoms with E-state index in [-0.39, 0.29) is 17.9 Å². The standard InChI is InChI=1S/C7H11NO2/c1-10-7(9)5-2-3-6(8)4-5/h2-3,5-6H,4,8H2,1H3/t5-,6?/m0/s1. The van der Waals surface area contributed by atoms with Crippen LogP contribution in [0.2, 0.25) is 0 Å². The van der Waals surface area contributed by atoms with E-state index in [2.05, 4.69) is 4.74 Å². The van der Waals surface area contributed by atoms with Gasteiger partial charge in [0, 0.05) is 6.04 Å². The zero-order valence-electron chi connectivity index (χ0n) is 5.91. The minimum Gasteiger partial charge on any atom is -0.469 e. The molecule has 2 N–H and O–H groups in total. The van der Waals surface area contributed by atoms with Crippen LogP contribution in [0.3, 0.4) is 0 Å².